The van der Waals surface area contributed by atoms with Crippen LogP contribution in [-0.4, -0.2) is 39.9 Å². The van der Waals surface area contributed by atoms with E-state index < -0.39 is 10.8 Å². The molecule has 0 fully saturated rings. The van der Waals surface area contributed by atoms with Crippen LogP contribution in [0.1, 0.15) is 39.3 Å². The summed E-state index contributed by atoms with van der Waals surface area (Å²) >= 11 is 5.10. The Hall–Kier alpha value is -6.27. The Morgan fingerprint density at radius 1 is 0.377 bits per heavy atom. The molecular weight excluding hydrogens is 809 g/mol. The van der Waals surface area contributed by atoms with Gasteiger partial charge in [-0.05, 0) is 54.6 Å². The van der Waals surface area contributed by atoms with Gasteiger partial charge in [-0.15, -0.1) is 0 Å². The highest BCUT2D eigenvalue weighted by Gasteiger charge is 2.48. The summed E-state index contributed by atoms with van der Waals surface area (Å²) in [6.45, 7) is 8.82. The molecule has 8 nitrogen and oxygen atoms in total. The van der Waals surface area contributed by atoms with Crippen LogP contribution in [0.2, 0.25) is 0 Å². The molecule has 3 aromatic heterocycles. The standard InChI is InChI=1S/C50H38N8S3/c1-49(2)47-56-43-34-25-16-27-36(60-30-19-10-6-11-20-30)39(34)45(55-43)52-41-32-23-14-26-35(59-29-17-8-5-9-18-29)38(32)44(51-41)53-42-33-24-15-28-37(61-31-21-12-7-13-22-31)40(33)46(54-42)57-48(58-47)50(49,3)4/h5-28H,1-4H3,(H2,51,52,53,54,55,56,57,58). The second kappa shape index (κ2) is 14.7. The Morgan fingerprint density at radius 2 is 0.803 bits per heavy atom. The molecule has 5 heterocycles. The van der Waals surface area contributed by atoms with Crippen LogP contribution < -0.4 is 0 Å². The quantitative estimate of drug-likeness (QED) is 0.169. The summed E-state index contributed by atoms with van der Waals surface area (Å²) in [5, 5.41) is 3.84. The Kier molecular flexibility index (Phi) is 9.10. The van der Waals surface area contributed by atoms with E-state index in [0.717, 1.165) is 62.0 Å². The van der Waals surface area contributed by atoms with Crippen molar-refractivity contribution in [2.75, 3.05) is 0 Å². The number of aromatic nitrogens is 8. The lowest BCUT2D eigenvalue weighted by molar-refractivity contribution is 0.310. The molecule has 0 atom stereocenters. The van der Waals surface area contributed by atoms with Crippen molar-refractivity contribution >= 4 is 79.4 Å². The number of nitrogens with one attached hydrogen (secondary N) is 2. The molecule has 0 spiro atoms. The average Bonchev–Trinajstić information content (AvgIpc) is 3.96. The summed E-state index contributed by atoms with van der Waals surface area (Å²) in [4.78, 5) is 46.2. The molecule has 0 amide bonds. The number of nitrogens with zero attached hydrogens (tertiary/aromatic N) is 6. The smallest absolute Gasteiger partial charge is 0.165 e. The van der Waals surface area contributed by atoms with Gasteiger partial charge in [0.05, 0.1) is 0 Å². The molecule has 61 heavy (non-hydrogen) atoms. The zero-order valence-corrected chi connectivity index (χ0v) is 36.2. The van der Waals surface area contributed by atoms with Gasteiger partial charge >= 0.3 is 0 Å². The Bertz CT molecular complexity index is 3350. The predicted octanol–water partition coefficient (Wildman–Crippen LogP) is 13.2. The minimum absolute atomic E-state index is 0.479. The van der Waals surface area contributed by atoms with E-state index in [2.05, 4.69) is 165 Å². The molecule has 11 rings (SSSR count). The Morgan fingerprint density at radius 3 is 1.34 bits per heavy atom. The Balaban J connectivity index is 1.27. The van der Waals surface area contributed by atoms with E-state index >= 15 is 0 Å². The fourth-order valence-electron chi connectivity index (χ4n) is 7.90. The summed E-state index contributed by atoms with van der Waals surface area (Å²) in [5.74, 6) is 2.53. The van der Waals surface area contributed by atoms with Gasteiger partial charge in [-0.2, -0.15) is 0 Å². The molecule has 8 bridgehead atoms. The highest BCUT2D eigenvalue weighted by molar-refractivity contribution is 8.00. The van der Waals surface area contributed by atoms with Gasteiger partial charge in [0.2, 0.25) is 0 Å². The number of hydrogen-bond acceptors (Lipinski definition) is 9. The highest BCUT2D eigenvalue weighted by atomic mass is 32.2. The molecule has 6 aromatic carbocycles. The van der Waals surface area contributed by atoms with E-state index in [1.165, 1.54) is 0 Å². The summed E-state index contributed by atoms with van der Waals surface area (Å²) < 4.78 is 0. The van der Waals surface area contributed by atoms with Crippen LogP contribution in [-0.2, 0) is 10.8 Å². The minimum atomic E-state index is -0.485. The second-order valence-corrected chi connectivity index (χ2v) is 19.5. The lowest BCUT2D eigenvalue weighted by Crippen LogP contribution is -2.37. The van der Waals surface area contributed by atoms with Crippen molar-refractivity contribution in [1.82, 2.24) is 39.9 Å². The second-order valence-electron chi connectivity index (χ2n) is 16.1. The third-order valence-corrected chi connectivity index (χ3v) is 15.1. The number of aromatic amines is 2. The van der Waals surface area contributed by atoms with E-state index in [1.54, 1.807) is 35.3 Å². The monoisotopic (exact) mass is 846 g/mol. The first-order valence-corrected chi connectivity index (χ1v) is 22.6. The maximum atomic E-state index is 5.44. The van der Waals surface area contributed by atoms with Crippen LogP contribution in [0.15, 0.2) is 175 Å². The molecule has 2 N–H and O–H groups in total. The SMILES string of the molecule is CC1(C)c2nc(nc3[nH]c(nc4nc(nc5[nH]c(n2)c2cccc(Sc6ccccc6)c52)-c2cccc(Sc5ccccc5)c2-4)c2cccc(Sc4ccccc4)c32)C1(C)C. The van der Waals surface area contributed by atoms with Gasteiger partial charge in [0.1, 0.15) is 34.2 Å². The summed E-state index contributed by atoms with van der Waals surface area (Å²) in [7, 11) is 0. The maximum Gasteiger partial charge on any atom is 0.165 e. The van der Waals surface area contributed by atoms with Crippen molar-refractivity contribution in [3.63, 3.8) is 0 Å². The van der Waals surface area contributed by atoms with Crippen molar-refractivity contribution in [2.45, 2.75) is 67.9 Å². The number of H-pyrrole nitrogens is 2. The van der Waals surface area contributed by atoms with Gasteiger partial charge < -0.3 is 9.97 Å². The molecule has 2 aliphatic heterocycles. The van der Waals surface area contributed by atoms with Crippen LogP contribution in [0.5, 0.6) is 0 Å². The van der Waals surface area contributed by atoms with Crippen LogP contribution in [0.3, 0.4) is 0 Å². The molecule has 0 unspecified atom stereocenters. The van der Waals surface area contributed by atoms with E-state index in [4.69, 9.17) is 29.9 Å². The minimum Gasteiger partial charge on any atom is -0.324 e. The molecule has 2 aliphatic rings. The average molecular weight is 847 g/mol. The molecule has 0 saturated carbocycles. The third kappa shape index (κ3) is 6.50. The largest absolute Gasteiger partial charge is 0.324 e. The van der Waals surface area contributed by atoms with Crippen molar-refractivity contribution in [3.8, 4) is 22.8 Å². The molecular formula is C50H38N8S3. The molecule has 0 aliphatic carbocycles. The number of benzene rings is 6. The Labute approximate surface area is 365 Å². The molecule has 296 valence electrons. The van der Waals surface area contributed by atoms with E-state index in [1.807, 2.05) is 18.2 Å². The maximum absolute atomic E-state index is 5.44. The third-order valence-electron chi connectivity index (χ3n) is 11.9. The summed E-state index contributed by atoms with van der Waals surface area (Å²) in [6.07, 6.45) is 0. The first kappa shape index (κ1) is 37.7. The van der Waals surface area contributed by atoms with E-state index in [0.29, 0.717) is 45.9 Å². The number of rotatable bonds is 6. The van der Waals surface area contributed by atoms with Gasteiger partial charge in [-0.1, -0.05) is 154 Å². The van der Waals surface area contributed by atoms with Gasteiger partial charge in [0.15, 0.2) is 11.6 Å². The fraction of sp³-hybridized carbons (Fsp3) is 0.120. The van der Waals surface area contributed by atoms with E-state index in [-0.39, 0.29) is 0 Å². The topological polar surface area (TPSA) is 109 Å². The molecule has 9 aromatic rings. The molecule has 0 radical (unpaired) electrons. The molecule has 0 saturated heterocycles. The zero-order chi connectivity index (χ0) is 41.3. The van der Waals surface area contributed by atoms with Crippen LogP contribution >= 0.6 is 35.3 Å². The van der Waals surface area contributed by atoms with Crippen LogP contribution in [0.25, 0.3) is 66.9 Å². The van der Waals surface area contributed by atoms with E-state index in [9.17, 15) is 0 Å². The van der Waals surface area contributed by atoms with Gasteiger partial charge in [0.25, 0.3) is 0 Å². The van der Waals surface area contributed by atoms with Crippen molar-refractivity contribution in [2.24, 2.45) is 0 Å². The van der Waals surface area contributed by atoms with Crippen molar-refractivity contribution in [1.29, 1.82) is 0 Å². The van der Waals surface area contributed by atoms with Crippen LogP contribution in [0.4, 0.5) is 0 Å². The first-order chi connectivity index (χ1) is 29.7. The highest BCUT2D eigenvalue weighted by Crippen LogP contribution is 2.47. The fourth-order valence-corrected chi connectivity index (χ4v) is 10.9. The van der Waals surface area contributed by atoms with Crippen LogP contribution in [0, 0.1) is 0 Å². The van der Waals surface area contributed by atoms with Gasteiger partial charge in [0, 0.05) is 72.9 Å². The predicted molar refractivity (Wildman–Crippen MR) is 249 cm³/mol. The summed E-state index contributed by atoms with van der Waals surface area (Å²) in [5.41, 5.74) is 3.59. The lowest BCUT2D eigenvalue weighted by atomic mass is 9.69. The summed E-state index contributed by atoms with van der Waals surface area (Å²) in [6, 6.07) is 50.3. The first-order valence-electron chi connectivity index (χ1n) is 20.1. The zero-order valence-electron chi connectivity index (χ0n) is 33.8. The number of hydrogen-bond donors (Lipinski definition) is 2. The lowest BCUT2D eigenvalue weighted by Gasteiger charge is -2.32. The number of fused-ring (bicyclic) bond motifs is 17. The van der Waals surface area contributed by atoms with Crippen molar-refractivity contribution < 1.29 is 0 Å². The van der Waals surface area contributed by atoms with Gasteiger partial charge in [-0.3, -0.25) is 0 Å². The van der Waals surface area contributed by atoms with Gasteiger partial charge in [-0.25, -0.2) is 29.9 Å². The normalized spacial score (nSPS) is 14.0. The van der Waals surface area contributed by atoms with Crippen molar-refractivity contribution in [3.05, 3.63) is 157 Å². The molecule has 11 heteroatoms.